The van der Waals surface area contributed by atoms with Crippen LogP contribution in [0.4, 0.5) is 8.78 Å². The summed E-state index contributed by atoms with van der Waals surface area (Å²) < 4.78 is 26.5. The van der Waals surface area contributed by atoms with Crippen LogP contribution in [0.15, 0.2) is 23.3 Å². The van der Waals surface area contributed by atoms with Crippen LogP contribution >= 0.6 is 0 Å². The van der Waals surface area contributed by atoms with Gasteiger partial charge in [-0.15, -0.1) is 12.3 Å². The SMILES string of the molecule is C#CC.C/C=C(CN1CCN(CCCC)CC1)\C(F)=C(/C)F.CC. The highest BCUT2D eigenvalue weighted by atomic mass is 19.2. The topological polar surface area (TPSA) is 6.48 Å². The first-order chi connectivity index (χ1) is 11.5. The normalized spacial score (nSPS) is 16.9. The van der Waals surface area contributed by atoms with E-state index in [1.807, 2.05) is 13.8 Å². The van der Waals surface area contributed by atoms with Crippen molar-refractivity contribution in [3.63, 3.8) is 0 Å². The minimum absolute atomic E-state index is 0.460. The van der Waals surface area contributed by atoms with Crippen molar-refractivity contribution >= 4 is 0 Å². The number of halogens is 2. The van der Waals surface area contributed by atoms with Gasteiger partial charge < -0.3 is 4.90 Å². The average molecular weight is 343 g/mol. The Morgan fingerprint density at radius 1 is 1.12 bits per heavy atom. The molecule has 24 heavy (non-hydrogen) atoms. The Morgan fingerprint density at radius 3 is 1.96 bits per heavy atom. The van der Waals surface area contributed by atoms with Crippen molar-refractivity contribution in [1.82, 2.24) is 9.80 Å². The fourth-order valence-corrected chi connectivity index (χ4v) is 2.30. The molecule has 1 fully saturated rings. The molecule has 2 nitrogen and oxygen atoms in total. The molecule has 0 saturated carbocycles. The van der Waals surface area contributed by atoms with Crippen LogP contribution in [0.1, 0.15) is 54.4 Å². The minimum atomic E-state index is -0.727. The Morgan fingerprint density at radius 2 is 1.58 bits per heavy atom. The van der Waals surface area contributed by atoms with E-state index >= 15 is 0 Å². The molecule has 140 valence electrons. The predicted octanol–water partition coefficient (Wildman–Crippen LogP) is 5.19. The lowest BCUT2D eigenvalue weighted by Crippen LogP contribution is -2.47. The smallest absolute Gasteiger partial charge is 0.158 e. The Labute approximate surface area is 148 Å². The third-order valence-electron chi connectivity index (χ3n) is 3.62. The fourth-order valence-electron chi connectivity index (χ4n) is 2.30. The van der Waals surface area contributed by atoms with E-state index in [2.05, 4.69) is 29.1 Å². The van der Waals surface area contributed by atoms with Crippen LogP contribution in [0.2, 0.25) is 0 Å². The predicted molar refractivity (Wildman–Crippen MR) is 102 cm³/mol. The van der Waals surface area contributed by atoms with Gasteiger partial charge in [-0.05, 0) is 33.7 Å². The summed E-state index contributed by atoms with van der Waals surface area (Å²) in [5.74, 6) is 0.825. The third-order valence-corrected chi connectivity index (χ3v) is 3.62. The van der Waals surface area contributed by atoms with Gasteiger partial charge in [0.25, 0.3) is 0 Å². The minimum Gasteiger partial charge on any atom is -0.301 e. The van der Waals surface area contributed by atoms with Crippen LogP contribution in [0, 0.1) is 12.3 Å². The molecule has 1 aliphatic heterocycles. The highest BCUT2D eigenvalue weighted by Crippen LogP contribution is 2.19. The lowest BCUT2D eigenvalue weighted by Gasteiger charge is -2.35. The molecule has 0 bridgehead atoms. The van der Waals surface area contributed by atoms with Gasteiger partial charge in [0.05, 0.1) is 0 Å². The second kappa shape index (κ2) is 16.7. The van der Waals surface area contributed by atoms with Crippen molar-refractivity contribution in [3.05, 3.63) is 23.3 Å². The number of terminal acetylenes is 1. The van der Waals surface area contributed by atoms with Gasteiger partial charge in [-0.3, -0.25) is 4.90 Å². The van der Waals surface area contributed by atoms with E-state index in [0.717, 1.165) is 32.7 Å². The maximum atomic E-state index is 13.6. The van der Waals surface area contributed by atoms with Crippen molar-refractivity contribution in [2.45, 2.75) is 54.4 Å². The van der Waals surface area contributed by atoms with Gasteiger partial charge in [-0.25, -0.2) is 8.78 Å². The highest BCUT2D eigenvalue weighted by Gasteiger charge is 2.18. The molecular formula is C20H36F2N2. The van der Waals surface area contributed by atoms with Gasteiger partial charge in [0.2, 0.25) is 0 Å². The van der Waals surface area contributed by atoms with E-state index in [-0.39, 0.29) is 0 Å². The molecule has 0 unspecified atom stereocenters. The van der Waals surface area contributed by atoms with Crippen molar-refractivity contribution in [1.29, 1.82) is 0 Å². The summed E-state index contributed by atoms with van der Waals surface area (Å²) in [6.07, 6.45) is 8.72. The summed E-state index contributed by atoms with van der Waals surface area (Å²) >= 11 is 0. The Balaban J connectivity index is 0. The maximum absolute atomic E-state index is 13.6. The van der Waals surface area contributed by atoms with Crippen molar-refractivity contribution in [3.8, 4) is 12.3 Å². The summed E-state index contributed by atoms with van der Waals surface area (Å²) in [6.45, 7) is 16.3. The average Bonchev–Trinajstić information content (AvgIpc) is 2.60. The molecule has 0 aromatic rings. The van der Waals surface area contributed by atoms with Crippen LogP contribution in [0.25, 0.3) is 0 Å². The summed E-state index contributed by atoms with van der Waals surface area (Å²) in [7, 11) is 0. The summed E-state index contributed by atoms with van der Waals surface area (Å²) in [6, 6.07) is 0. The molecule has 0 aromatic heterocycles. The maximum Gasteiger partial charge on any atom is 0.158 e. The molecule has 0 amide bonds. The zero-order valence-electron chi connectivity index (χ0n) is 16.5. The molecule has 0 atom stereocenters. The van der Waals surface area contributed by atoms with Gasteiger partial charge in [0, 0.05) is 38.3 Å². The molecule has 0 N–H and O–H groups in total. The van der Waals surface area contributed by atoms with Gasteiger partial charge in [-0.2, -0.15) is 0 Å². The summed E-state index contributed by atoms with van der Waals surface area (Å²) in [5.41, 5.74) is 0.460. The molecule has 1 aliphatic rings. The second-order valence-electron chi connectivity index (χ2n) is 5.42. The second-order valence-corrected chi connectivity index (χ2v) is 5.42. The largest absolute Gasteiger partial charge is 0.301 e. The van der Waals surface area contributed by atoms with E-state index in [1.54, 1.807) is 19.9 Å². The lowest BCUT2D eigenvalue weighted by atomic mass is 10.1. The first-order valence-electron chi connectivity index (χ1n) is 8.99. The molecular weight excluding hydrogens is 306 g/mol. The van der Waals surface area contributed by atoms with E-state index in [4.69, 9.17) is 0 Å². The van der Waals surface area contributed by atoms with E-state index in [1.165, 1.54) is 19.8 Å². The van der Waals surface area contributed by atoms with Crippen molar-refractivity contribution in [2.24, 2.45) is 0 Å². The number of hydrogen-bond donors (Lipinski definition) is 0. The van der Waals surface area contributed by atoms with E-state index in [9.17, 15) is 8.78 Å². The van der Waals surface area contributed by atoms with Crippen LogP contribution < -0.4 is 0 Å². The first-order valence-corrected chi connectivity index (χ1v) is 8.99. The lowest BCUT2D eigenvalue weighted by molar-refractivity contribution is 0.139. The molecule has 1 heterocycles. The number of hydrogen-bond acceptors (Lipinski definition) is 2. The Kier molecular flexibility index (Phi) is 17.4. The van der Waals surface area contributed by atoms with Crippen LogP contribution in [0.5, 0.6) is 0 Å². The van der Waals surface area contributed by atoms with Crippen LogP contribution in [-0.2, 0) is 0 Å². The van der Waals surface area contributed by atoms with Crippen molar-refractivity contribution < 1.29 is 8.78 Å². The summed E-state index contributed by atoms with van der Waals surface area (Å²) in [5, 5.41) is 0. The van der Waals surface area contributed by atoms with E-state index < -0.39 is 11.7 Å². The third kappa shape index (κ3) is 11.4. The molecule has 4 heteroatoms. The van der Waals surface area contributed by atoms with Gasteiger partial charge in [-0.1, -0.05) is 33.3 Å². The molecule has 0 spiro atoms. The van der Waals surface area contributed by atoms with Crippen molar-refractivity contribution in [2.75, 3.05) is 39.3 Å². The molecule has 1 rings (SSSR count). The van der Waals surface area contributed by atoms with Crippen LogP contribution in [0.3, 0.4) is 0 Å². The molecule has 1 saturated heterocycles. The van der Waals surface area contributed by atoms with Gasteiger partial charge in [0.1, 0.15) is 5.83 Å². The molecule has 0 aromatic carbocycles. The zero-order valence-corrected chi connectivity index (χ0v) is 16.5. The number of unbranched alkanes of at least 4 members (excludes halogenated alkanes) is 1. The number of rotatable bonds is 6. The molecule has 0 aliphatic carbocycles. The van der Waals surface area contributed by atoms with Crippen LogP contribution in [-0.4, -0.2) is 49.1 Å². The first kappa shape index (κ1) is 25.1. The number of piperazine rings is 1. The van der Waals surface area contributed by atoms with E-state index in [0.29, 0.717) is 12.1 Å². The molecule has 0 radical (unpaired) electrons. The highest BCUT2D eigenvalue weighted by molar-refractivity contribution is 5.27. The summed E-state index contributed by atoms with van der Waals surface area (Å²) in [4.78, 5) is 4.64. The Bertz CT molecular complexity index is 396. The van der Waals surface area contributed by atoms with Gasteiger partial charge >= 0.3 is 0 Å². The Hall–Kier alpha value is -1.18. The zero-order chi connectivity index (χ0) is 19.0. The number of nitrogens with zero attached hydrogens (tertiary/aromatic N) is 2. The quantitative estimate of drug-likeness (QED) is 0.484. The monoisotopic (exact) mass is 342 g/mol. The standard InChI is InChI=1S/C15H26F2N2.C3H4.C2H6/c1-4-6-7-18-8-10-19(11-9-18)12-14(5-2)15(17)13(3)16;1-3-2;1-2/h5H,4,6-12H2,1-3H3;1H,2H3;1-2H3/b14-5-,15-13-;;. The number of allylic oxidation sites excluding steroid dienone is 2. The van der Waals surface area contributed by atoms with Gasteiger partial charge in [0.15, 0.2) is 5.83 Å². The fraction of sp³-hybridized carbons (Fsp3) is 0.700.